The largest absolute Gasteiger partial charge is 0.496 e. The summed E-state index contributed by atoms with van der Waals surface area (Å²) < 4.78 is 5.29. The Kier molecular flexibility index (Phi) is 5.48. The summed E-state index contributed by atoms with van der Waals surface area (Å²) in [7, 11) is 1.48. The van der Waals surface area contributed by atoms with Crippen LogP contribution in [-0.4, -0.2) is 30.2 Å². The number of aromatic nitrogens is 1. The number of carbonyl (C=O) groups excluding carboxylic acids is 1. The number of ether oxygens (including phenoxy) is 1. The van der Waals surface area contributed by atoms with E-state index in [2.05, 4.69) is 16.8 Å². The second-order valence-corrected chi connectivity index (χ2v) is 5.00. The van der Waals surface area contributed by atoms with E-state index in [1.54, 1.807) is 31.2 Å². The van der Waals surface area contributed by atoms with Crippen molar-refractivity contribution in [3.8, 4) is 11.8 Å². The minimum Gasteiger partial charge on any atom is -0.496 e. The number of hydrogen-bond donors (Lipinski definition) is 1. The van der Waals surface area contributed by atoms with Gasteiger partial charge < -0.3 is 9.84 Å². The van der Waals surface area contributed by atoms with Crippen molar-refractivity contribution in [3.05, 3.63) is 59.1 Å². The van der Waals surface area contributed by atoms with Crippen LogP contribution in [0.4, 0.5) is 5.82 Å². The second-order valence-electron chi connectivity index (χ2n) is 5.00. The number of aliphatic hydroxyl groups is 1. The van der Waals surface area contributed by atoms with Gasteiger partial charge in [-0.15, -0.1) is 0 Å². The summed E-state index contributed by atoms with van der Waals surface area (Å²) >= 11 is 0. The molecule has 2 aromatic rings. The Balaban J connectivity index is 2.49. The molecule has 0 atom stereocenters. The molecular formula is C18H16N4O3. The highest BCUT2D eigenvalue weighted by atomic mass is 16.5. The number of allylic oxidation sites excluding steroid dienone is 1. The number of hydrazone groups is 1. The van der Waals surface area contributed by atoms with E-state index in [1.165, 1.54) is 19.4 Å². The van der Waals surface area contributed by atoms with Crippen LogP contribution in [0.3, 0.4) is 0 Å². The average Bonchev–Trinajstić information content (AvgIpc) is 2.67. The van der Waals surface area contributed by atoms with Crippen LogP contribution in [0.15, 0.2) is 47.5 Å². The fourth-order valence-corrected chi connectivity index (χ4v) is 2.19. The van der Waals surface area contributed by atoms with Crippen molar-refractivity contribution in [3.63, 3.8) is 0 Å². The van der Waals surface area contributed by atoms with Gasteiger partial charge in [0, 0.05) is 29.6 Å². The standard InChI is InChI=1S/C18H16N4O3/c1-12(15-6-4-13(9-19)8-16(15)25-3)18(24)22(20-2)17-7-5-14(11-23)10-21-17/h4-8,10-11,24H,2H2,1,3H3/b18-12-. The van der Waals surface area contributed by atoms with Gasteiger partial charge in [0.15, 0.2) is 12.1 Å². The van der Waals surface area contributed by atoms with Gasteiger partial charge in [-0.2, -0.15) is 15.4 Å². The van der Waals surface area contributed by atoms with E-state index in [0.29, 0.717) is 40.1 Å². The number of rotatable bonds is 6. The summed E-state index contributed by atoms with van der Waals surface area (Å²) in [6, 6.07) is 10.00. The van der Waals surface area contributed by atoms with Crippen molar-refractivity contribution in [2.24, 2.45) is 5.10 Å². The molecule has 0 bridgehead atoms. The maximum absolute atomic E-state index is 10.7. The van der Waals surface area contributed by atoms with Crippen molar-refractivity contribution in [2.75, 3.05) is 12.1 Å². The minimum absolute atomic E-state index is 0.204. The third kappa shape index (κ3) is 3.64. The molecule has 7 heteroatoms. The van der Waals surface area contributed by atoms with Crippen LogP contribution in [0, 0.1) is 11.3 Å². The maximum atomic E-state index is 10.7. The summed E-state index contributed by atoms with van der Waals surface area (Å²) in [5.74, 6) is 0.533. The molecule has 0 saturated carbocycles. The highest BCUT2D eigenvalue weighted by Crippen LogP contribution is 2.30. The Hall–Kier alpha value is -3.66. The van der Waals surface area contributed by atoms with Gasteiger partial charge in [0.25, 0.3) is 0 Å². The third-order valence-corrected chi connectivity index (χ3v) is 3.54. The second kappa shape index (κ2) is 7.75. The third-order valence-electron chi connectivity index (χ3n) is 3.54. The summed E-state index contributed by atoms with van der Waals surface area (Å²) in [4.78, 5) is 14.8. The van der Waals surface area contributed by atoms with Gasteiger partial charge in [0.1, 0.15) is 5.75 Å². The predicted molar refractivity (Wildman–Crippen MR) is 94.6 cm³/mol. The van der Waals surface area contributed by atoms with Gasteiger partial charge in [0.05, 0.1) is 18.7 Å². The fourth-order valence-electron chi connectivity index (χ4n) is 2.19. The summed E-state index contributed by atoms with van der Waals surface area (Å²) in [6.07, 6.45) is 2.04. The van der Waals surface area contributed by atoms with E-state index in [1.807, 2.05) is 6.07 Å². The van der Waals surface area contributed by atoms with E-state index in [-0.39, 0.29) is 5.88 Å². The number of aldehydes is 1. The first-order valence-corrected chi connectivity index (χ1v) is 7.22. The van der Waals surface area contributed by atoms with E-state index >= 15 is 0 Å². The molecule has 1 N–H and O–H groups in total. The smallest absolute Gasteiger partial charge is 0.217 e. The molecule has 0 fully saturated rings. The lowest BCUT2D eigenvalue weighted by molar-refractivity contribution is 0.112. The predicted octanol–water partition coefficient (Wildman–Crippen LogP) is 3.14. The average molecular weight is 336 g/mol. The normalized spacial score (nSPS) is 11.1. The fraction of sp³-hybridized carbons (Fsp3) is 0.111. The van der Waals surface area contributed by atoms with Crippen LogP contribution in [0.25, 0.3) is 5.57 Å². The lowest BCUT2D eigenvalue weighted by Gasteiger charge is -2.19. The van der Waals surface area contributed by atoms with Crippen LogP contribution >= 0.6 is 0 Å². The number of hydrogen-bond acceptors (Lipinski definition) is 7. The molecule has 0 aliphatic rings. The number of methoxy groups -OCH3 is 1. The summed E-state index contributed by atoms with van der Waals surface area (Å²) in [6.45, 7) is 5.12. The first-order valence-electron chi connectivity index (χ1n) is 7.22. The van der Waals surface area contributed by atoms with Crippen LogP contribution < -0.4 is 9.75 Å². The van der Waals surface area contributed by atoms with Crippen molar-refractivity contribution in [1.82, 2.24) is 4.98 Å². The van der Waals surface area contributed by atoms with Crippen molar-refractivity contribution < 1.29 is 14.6 Å². The van der Waals surface area contributed by atoms with Gasteiger partial charge in [-0.05, 0) is 37.3 Å². The first kappa shape index (κ1) is 17.7. The zero-order valence-electron chi connectivity index (χ0n) is 13.8. The van der Waals surface area contributed by atoms with Gasteiger partial charge in [-0.1, -0.05) is 0 Å². The Morgan fingerprint density at radius 1 is 1.44 bits per heavy atom. The molecule has 0 aliphatic carbocycles. The number of benzene rings is 1. The van der Waals surface area contributed by atoms with Gasteiger partial charge in [-0.25, -0.2) is 4.98 Å². The van der Waals surface area contributed by atoms with E-state index in [4.69, 9.17) is 10.00 Å². The van der Waals surface area contributed by atoms with Crippen LogP contribution in [-0.2, 0) is 0 Å². The lowest BCUT2D eigenvalue weighted by Crippen LogP contribution is -2.17. The molecule has 1 heterocycles. The quantitative estimate of drug-likeness (QED) is 0.376. The van der Waals surface area contributed by atoms with Crippen molar-refractivity contribution in [1.29, 1.82) is 5.26 Å². The molecule has 0 saturated heterocycles. The number of aliphatic hydroxyl groups excluding tert-OH is 1. The lowest BCUT2D eigenvalue weighted by atomic mass is 10.0. The molecule has 0 aliphatic heterocycles. The van der Waals surface area contributed by atoms with Crippen LogP contribution in [0.2, 0.25) is 0 Å². The molecular weight excluding hydrogens is 320 g/mol. The minimum atomic E-state index is -0.204. The van der Waals surface area contributed by atoms with Crippen molar-refractivity contribution >= 4 is 24.4 Å². The zero-order chi connectivity index (χ0) is 18.4. The molecule has 0 spiro atoms. The SMILES string of the molecule is C=NN(/C(O)=C(\C)c1ccc(C#N)cc1OC)c1ccc(C=O)cn1. The molecule has 0 amide bonds. The van der Waals surface area contributed by atoms with E-state index in [9.17, 15) is 9.90 Å². The van der Waals surface area contributed by atoms with Crippen LogP contribution in [0.5, 0.6) is 5.75 Å². The number of carbonyl (C=O) groups is 1. The topological polar surface area (TPSA) is 98.8 Å². The highest BCUT2D eigenvalue weighted by molar-refractivity contribution is 5.76. The molecule has 25 heavy (non-hydrogen) atoms. The molecule has 0 radical (unpaired) electrons. The van der Waals surface area contributed by atoms with Crippen molar-refractivity contribution in [2.45, 2.75) is 6.92 Å². The number of nitriles is 1. The number of pyridine rings is 1. The number of anilines is 1. The van der Waals surface area contributed by atoms with Gasteiger partial charge in [0.2, 0.25) is 5.88 Å². The monoisotopic (exact) mass is 336 g/mol. The molecule has 0 unspecified atom stereocenters. The van der Waals surface area contributed by atoms with Crippen LogP contribution in [0.1, 0.15) is 28.4 Å². The summed E-state index contributed by atoms with van der Waals surface area (Å²) in [5, 5.41) is 24.5. The van der Waals surface area contributed by atoms with E-state index in [0.717, 1.165) is 5.01 Å². The van der Waals surface area contributed by atoms with E-state index < -0.39 is 0 Å². The molecule has 126 valence electrons. The Morgan fingerprint density at radius 3 is 2.72 bits per heavy atom. The molecule has 1 aromatic carbocycles. The first-order chi connectivity index (χ1) is 12.0. The number of nitrogens with zero attached hydrogens (tertiary/aromatic N) is 4. The molecule has 1 aromatic heterocycles. The Labute approximate surface area is 145 Å². The Morgan fingerprint density at radius 2 is 2.20 bits per heavy atom. The Bertz CT molecular complexity index is 867. The van der Waals surface area contributed by atoms with Gasteiger partial charge >= 0.3 is 0 Å². The molecule has 7 nitrogen and oxygen atoms in total. The van der Waals surface area contributed by atoms with Gasteiger partial charge in [-0.3, -0.25) is 4.79 Å². The molecule has 2 rings (SSSR count). The maximum Gasteiger partial charge on any atom is 0.217 e. The summed E-state index contributed by atoms with van der Waals surface area (Å²) in [5.41, 5.74) is 1.89. The highest BCUT2D eigenvalue weighted by Gasteiger charge is 2.17. The zero-order valence-corrected chi connectivity index (χ0v) is 13.8.